The highest BCUT2D eigenvalue weighted by Crippen LogP contribution is 2.52. The van der Waals surface area contributed by atoms with E-state index >= 15 is 0 Å². The number of methoxy groups -OCH3 is 2. The zero-order chi connectivity index (χ0) is 27.7. The van der Waals surface area contributed by atoms with E-state index in [-0.39, 0.29) is 17.2 Å². The van der Waals surface area contributed by atoms with Crippen LogP contribution < -0.4 is 14.8 Å². The third-order valence-corrected chi connectivity index (χ3v) is 6.98. The molecule has 1 atom stereocenters. The minimum Gasteiger partial charge on any atom is -0.497 e. The average Bonchev–Trinajstić information content (AvgIpc) is 3.25. The van der Waals surface area contributed by atoms with Gasteiger partial charge in [0, 0.05) is 28.4 Å². The molecule has 2 amide bonds. The molecule has 2 aliphatic heterocycles. The number of allylic oxidation sites excluding steroid dienone is 1. The second-order valence-corrected chi connectivity index (χ2v) is 9.85. The number of carbonyl (C=O) groups is 2. The van der Waals surface area contributed by atoms with Crippen molar-refractivity contribution in [2.24, 2.45) is 0 Å². The lowest BCUT2D eigenvalue weighted by molar-refractivity contribution is -0.119. The molecule has 1 N–H and O–H groups in total. The van der Waals surface area contributed by atoms with Crippen molar-refractivity contribution in [3.63, 3.8) is 0 Å². The third-order valence-electron chi connectivity index (χ3n) is 6.98. The van der Waals surface area contributed by atoms with E-state index in [0.29, 0.717) is 28.3 Å². The predicted octanol–water partition coefficient (Wildman–Crippen LogP) is 7.32. The number of nitrogens with one attached hydrogen (secondary N) is 1. The van der Waals surface area contributed by atoms with E-state index in [1.807, 2.05) is 73.7 Å². The minimum absolute atomic E-state index is 0.194. The van der Waals surface area contributed by atoms with Gasteiger partial charge >= 0.3 is 0 Å². The fraction of sp³-hybridized carbons (Fsp3) is 0.161. The zero-order valence-corrected chi connectivity index (χ0v) is 23.1. The molecule has 0 aliphatic carbocycles. The summed E-state index contributed by atoms with van der Waals surface area (Å²) in [7, 11) is 3.16. The van der Waals surface area contributed by atoms with Gasteiger partial charge in [-0.05, 0) is 53.1 Å². The van der Waals surface area contributed by atoms with Crippen molar-refractivity contribution >= 4 is 62.7 Å². The number of rotatable bonds is 4. The number of ether oxygens (including phenoxy) is 2. The summed E-state index contributed by atoms with van der Waals surface area (Å²) < 4.78 is 11.3. The molecule has 8 heteroatoms. The van der Waals surface area contributed by atoms with Gasteiger partial charge in [-0.1, -0.05) is 48.5 Å². The van der Waals surface area contributed by atoms with Crippen LogP contribution >= 0.6 is 23.2 Å². The Bertz CT molecular complexity index is 1630. The predicted molar refractivity (Wildman–Crippen MR) is 157 cm³/mol. The monoisotopic (exact) mass is 560 g/mol. The maximum absolute atomic E-state index is 14.0. The van der Waals surface area contributed by atoms with Crippen LogP contribution in [-0.2, 0) is 4.79 Å². The first-order chi connectivity index (χ1) is 18.9. The van der Waals surface area contributed by atoms with Gasteiger partial charge in [0.2, 0.25) is 0 Å². The summed E-state index contributed by atoms with van der Waals surface area (Å²) in [5.41, 5.74) is 5.11. The molecule has 198 valence electrons. The summed E-state index contributed by atoms with van der Waals surface area (Å²) in [5, 5.41) is 5.35. The normalized spacial score (nSPS) is 15.2. The first kappa shape index (κ1) is 26.6. The van der Waals surface area contributed by atoms with Crippen LogP contribution in [0.25, 0.3) is 22.0 Å². The number of fused-ring (bicyclic) bond motifs is 5. The van der Waals surface area contributed by atoms with Crippen molar-refractivity contribution < 1.29 is 19.1 Å². The fourth-order valence-electron chi connectivity index (χ4n) is 5.37. The van der Waals surface area contributed by atoms with Gasteiger partial charge in [0.25, 0.3) is 11.8 Å². The molecule has 6 rings (SSSR count). The van der Waals surface area contributed by atoms with Crippen LogP contribution in [0, 0.1) is 0 Å². The first-order valence-corrected chi connectivity index (χ1v) is 13.3. The lowest BCUT2D eigenvalue weighted by Crippen LogP contribution is -2.39. The molecule has 0 fully saturated rings. The minimum atomic E-state index is -0.908. The molecule has 0 bridgehead atoms. The largest absolute Gasteiger partial charge is 0.497 e. The topological polar surface area (TPSA) is 67.9 Å². The quantitative estimate of drug-likeness (QED) is 0.265. The number of hydrogen-bond acceptors (Lipinski definition) is 4. The maximum atomic E-state index is 14.0. The number of nitrogens with zero attached hydrogens (tertiary/aromatic N) is 1. The molecule has 2 heterocycles. The Morgan fingerprint density at radius 1 is 0.897 bits per heavy atom. The number of hydrogen-bond donors (Lipinski definition) is 1. The van der Waals surface area contributed by atoms with E-state index in [4.69, 9.17) is 32.7 Å². The number of amides is 2. The van der Waals surface area contributed by atoms with E-state index in [1.165, 1.54) is 0 Å². The molecule has 0 saturated carbocycles. The molecule has 6 nitrogen and oxygen atoms in total. The van der Waals surface area contributed by atoms with Gasteiger partial charge in [-0.15, -0.1) is 23.2 Å². The number of benzene rings is 4. The van der Waals surface area contributed by atoms with E-state index in [0.717, 1.165) is 33.2 Å². The van der Waals surface area contributed by atoms with Gasteiger partial charge in [0.05, 0.1) is 25.3 Å². The Hall–Kier alpha value is -4.00. The van der Waals surface area contributed by atoms with Gasteiger partial charge in [-0.2, -0.15) is 0 Å². The van der Waals surface area contributed by atoms with Gasteiger partial charge in [-0.25, -0.2) is 0 Å². The number of anilines is 1. The van der Waals surface area contributed by atoms with E-state index < -0.39 is 6.04 Å². The first-order valence-electron chi connectivity index (χ1n) is 12.2. The average molecular weight is 561 g/mol. The van der Waals surface area contributed by atoms with Crippen LogP contribution in [0.3, 0.4) is 0 Å². The SMILES string of the molecule is COc1cc(OC)c2c(c1)[C@@H](C(=O)Nc1ccc3ccccc3c1)N1C(=O)c3ccccc3C1=C2C.ClCCl. The summed E-state index contributed by atoms with van der Waals surface area (Å²) in [6.07, 6.45) is 0. The highest BCUT2D eigenvalue weighted by Gasteiger charge is 2.46. The van der Waals surface area contributed by atoms with Crippen molar-refractivity contribution in [2.75, 3.05) is 24.9 Å². The second kappa shape index (κ2) is 11.0. The molecule has 0 unspecified atom stereocenters. The van der Waals surface area contributed by atoms with E-state index in [9.17, 15) is 9.59 Å². The van der Waals surface area contributed by atoms with Crippen LogP contribution in [0.1, 0.15) is 40.0 Å². The number of carbonyl (C=O) groups excluding carboxylic acids is 2. The Labute approximate surface area is 236 Å². The molecule has 4 aromatic rings. The molecular weight excluding hydrogens is 535 g/mol. The van der Waals surface area contributed by atoms with Crippen molar-refractivity contribution in [1.29, 1.82) is 0 Å². The standard InChI is InChI=1S/C30H24N2O4.CH2Cl2/c1-17-26-24(15-21(35-2)16-25(26)36-3)28(32-27(17)22-10-6-7-11-23(22)30(32)34)29(33)31-20-13-12-18-8-4-5-9-19(18)14-20;2-1-3/h4-16,28H,1-3H3,(H,31,33);1H2/t28-;/m0./s1. The molecule has 39 heavy (non-hydrogen) atoms. The number of halogens is 2. The van der Waals surface area contributed by atoms with Gasteiger partial charge in [0.1, 0.15) is 17.5 Å². The summed E-state index contributed by atoms with van der Waals surface area (Å²) in [6.45, 7) is 1.96. The van der Waals surface area contributed by atoms with Crippen molar-refractivity contribution in [3.05, 3.63) is 101 Å². The van der Waals surface area contributed by atoms with Crippen LogP contribution in [0.4, 0.5) is 5.69 Å². The van der Waals surface area contributed by atoms with Crippen LogP contribution in [0.5, 0.6) is 11.5 Å². The fourth-order valence-corrected chi connectivity index (χ4v) is 5.37. The summed E-state index contributed by atoms with van der Waals surface area (Å²) in [6, 6.07) is 23.9. The van der Waals surface area contributed by atoms with Crippen molar-refractivity contribution in [3.8, 4) is 11.5 Å². The van der Waals surface area contributed by atoms with Gasteiger partial charge in [0.15, 0.2) is 0 Å². The highest BCUT2D eigenvalue weighted by atomic mass is 35.5. The van der Waals surface area contributed by atoms with Crippen LogP contribution in [-0.4, -0.2) is 36.3 Å². The molecule has 4 aromatic carbocycles. The Balaban J connectivity index is 0.000000983. The lowest BCUT2D eigenvalue weighted by Gasteiger charge is -2.36. The molecular formula is C31H26Cl2N2O4. The smallest absolute Gasteiger partial charge is 0.260 e. The van der Waals surface area contributed by atoms with Crippen LogP contribution in [0.15, 0.2) is 78.9 Å². The van der Waals surface area contributed by atoms with Gasteiger partial charge in [-0.3, -0.25) is 14.5 Å². The Morgan fingerprint density at radius 2 is 1.56 bits per heavy atom. The van der Waals surface area contributed by atoms with E-state index in [2.05, 4.69) is 5.32 Å². The van der Waals surface area contributed by atoms with Crippen LogP contribution in [0.2, 0.25) is 0 Å². The maximum Gasteiger partial charge on any atom is 0.260 e. The molecule has 0 spiro atoms. The second-order valence-electron chi connectivity index (χ2n) is 9.04. The lowest BCUT2D eigenvalue weighted by atomic mass is 9.86. The third kappa shape index (κ3) is 4.60. The zero-order valence-electron chi connectivity index (χ0n) is 21.6. The molecule has 0 radical (unpaired) electrons. The Morgan fingerprint density at radius 3 is 2.26 bits per heavy atom. The van der Waals surface area contributed by atoms with Crippen molar-refractivity contribution in [2.45, 2.75) is 13.0 Å². The number of alkyl halides is 2. The van der Waals surface area contributed by atoms with E-state index in [1.54, 1.807) is 31.3 Å². The highest BCUT2D eigenvalue weighted by molar-refractivity contribution is 6.40. The van der Waals surface area contributed by atoms with Crippen molar-refractivity contribution in [1.82, 2.24) is 4.90 Å². The molecule has 2 aliphatic rings. The molecule has 0 saturated heterocycles. The summed E-state index contributed by atoms with van der Waals surface area (Å²) in [5.74, 6) is 0.628. The molecule has 0 aromatic heterocycles. The summed E-state index contributed by atoms with van der Waals surface area (Å²) in [4.78, 5) is 29.3. The Kier molecular flexibility index (Phi) is 7.51. The van der Waals surface area contributed by atoms with Gasteiger partial charge < -0.3 is 14.8 Å². The summed E-state index contributed by atoms with van der Waals surface area (Å²) >= 11 is 9.53.